The maximum atomic E-state index is 13.0. The lowest BCUT2D eigenvalue weighted by molar-refractivity contribution is -0.384. The molecule has 0 bridgehead atoms. The van der Waals surface area contributed by atoms with Crippen molar-refractivity contribution in [1.29, 1.82) is 0 Å². The fourth-order valence-corrected chi connectivity index (χ4v) is 4.08. The molecule has 1 amide bonds. The number of nitrogens with zero attached hydrogens (tertiary/aromatic N) is 3. The summed E-state index contributed by atoms with van der Waals surface area (Å²) < 4.78 is 0. The topological polar surface area (TPSA) is 92.1 Å². The van der Waals surface area contributed by atoms with Gasteiger partial charge in [-0.25, -0.2) is 0 Å². The third-order valence-electron chi connectivity index (χ3n) is 4.12. The number of carbonyl (C=O) groups excluding carboxylic acids is 1. The third kappa shape index (κ3) is 2.59. The molecule has 126 valence electrons. The van der Waals surface area contributed by atoms with Crippen molar-refractivity contribution < 1.29 is 9.72 Å². The molecule has 0 spiro atoms. The minimum Gasteiger partial charge on any atom is -0.306 e. The predicted molar refractivity (Wildman–Crippen MR) is 95.4 cm³/mol. The molecule has 3 heterocycles. The van der Waals surface area contributed by atoms with Gasteiger partial charge >= 0.3 is 0 Å². The second-order valence-corrected chi connectivity index (χ2v) is 6.86. The van der Waals surface area contributed by atoms with E-state index < -0.39 is 4.92 Å². The Morgan fingerprint density at radius 2 is 2.24 bits per heavy atom. The number of nitrogens with one attached hydrogen (secondary N) is 1. The molecule has 0 saturated carbocycles. The molecule has 0 saturated heterocycles. The van der Waals surface area contributed by atoms with E-state index in [0.29, 0.717) is 13.0 Å². The quantitative estimate of drug-likeness (QED) is 0.543. The maximum Gasteiger partial charge on any atom is 0.270 e. The highest BCUT2D eigenvalue weighted by Crippen LogP contribution is 2.40. The molecule has 7 nitrogen and oxygen atoms in total. The van der Waals surface area contributed by atoms with Crippen LogP contribution in [-0.4, -0.2) is 27.6 Å². The van der Waals surface area contributed by atoms with E-state index in [0.717, 1.165) is 21.8 Å². The molecule has 1 aromatic carbocycles. The Kier molecular flexibility index (Phi) is 3.78. The third-order valence-corrected chi connectivity index (χ3v) is 5.36. The average Bonchev–Trinajstić information content (AvgIpc) is 3.21. The first-order chi connectivity index (χ1) is 12.1. The zero-order valence-electron chi connectivity index (χ0n) is 12.7. The summed E-state index contributed by atoms with van der Waals surface area (Å²) in [5.74, 6) is -0.280. The van der Waals surface area contributed by atoms with Crippen LogP contribution in [0.5, 0.6) is 0 Å². The zero-order valence-corrected chi connectivity index (χ0v) is 14.3. The van der Waals surface area contributed by atoms with Crippen molar-refractivity contribution in [3.8, 4) is 10.6 Å². The summed E-state index contributed by atoms with van der Waals surface area (Å²) in [7, 11) is 0. The number of aromatic amines is 1. The Balaban J connectivity index is 1.75. The lowest BCUT2D eigenvalue weighted by Crippen LogP contribution is -2.32. The summed E-state index contributed by atoms with van der Waals surface area (Å²) in [6.45, 7) is 0.475. The van der Waals surface area contributed by atoms with Gasteiger partial charge in [0.15, 0.2) is 0 Å². The van der Waals surface area contributed by atoms with Crippen LogP contribution in [0.25, 0.3) is 10.6 Å². The summed E-state index contributed by atoms with van der Waals surface area (Å²) in [6.07, 6.45) is 2.43. The molecule has 0 atom stereocenters. The average molecular weight is 375 g/mol. The minimum absolute atomic E-state index is 0.0698. The second kappa shape index (κ2) is 5.98. The molecule has 1 aliphatic heterocycles. The van der Waals surface area contributed by atoms with Gasteiger partial charge in [0, 0.05) is 24.2 Å². The SMILES string of the molecule is O=C(c1ccc([N+](=O)[O-])cc1Cl)N1CCc2cn[nH]c2-c2sccc21. The van der Waals surface area contributed by atoms with Crippen molar-refractivity contribution >= 4 is 40.2 Å². The fraction of sp³-hybridized carbons (Fsp3) is 0.125. The monoisotopic (exact) mass is 374 g/mol. The number of hydrogen-bond donors (Lipinski definition) is 1. The van der Waals surface area contributed by atoms with Gasteiger partial charge in [-0.3, -0.25) is 20.0 Å². The van der Waals surface area contributed by atoms with Crippen molar-refractivity contribution in [2.24, 2.45) is 0 Å². The molecular formula is C16H11ClN4O3S. The Bertz CT molecular complexity index is 997. The van der Waals surface area contributed by atoms with E-state index in [1.165, 1.54) is 29.5 Å². The van der Waals surface area contributed by atoms with Gasteiger partial charge in [0.1, 0.15) is 0 Å². The number of nitro groups is 1. The smallest absolute Gasteiger partial charge is 0.270 e. The van der Waals surface area contributed by atoms with E-state index in [4.69, 9.17) is 11.6 Å². The molecule has 0 radical (unpaired) electrons. The molecular weight excluding hydrogens is 364 g/mol. The number of H-pyrrole nitrogens is 1. The van der Waals surface area contributed by atoms with Crippen LogP contribution in [-0.2, 0) is 6.42 Å². The number of thiophene rings is 1. The fourth-order valence-electron chi connectivity index (χ4n) is 2.90. The van der Waals surface area contributed by atoms with Crippen LogP contribution in [0.15, 0.2) is 35.8 Å². The Morgan fingerprint density at radius 1 is 1.40 bits per heavy atom. The first-order valence-electron chi connectivity index (χ1n) is 7.42. The van der Waals surface area contributed by atoms with E-state index >= 15 is 0 Å². The molecule has 3 aromatic rings. The Labute approximate surface area is 151 Å². The van der Waals surface area contributed by atoms with Crippen molar-refractivity contribution in [3.63, 3.8) is 0 Å². The Morgan fingerprint density at radius 3 is 3.00 bits per heavy atom. The molecule has 0 fully saturated rings. The number of fused-ring (bicyclic) bond motifs is 3. The standard InChI is InChI=1S/C16H11ClN4O3S/c17-12-7-10(21(23)24)1-2-11(12)16(22)20-5-3-9-8-18-19-14(9)15-13(20)4-6-25-15/h1-2,4,6-8H,3,5H2,(H,18,19). The van der Waals surface area contributed by atoms with Gasteiger partial charge in [-0.05, 0) is 23.9 Å². The van der Waals surface area contributed by atoms with E-state index in [2.05, 4.69) is 10.2 Å². The van der Waals surface area contributed by atoms with Crippen molar-refractivity contribution in [2.45, 2.75) is 6.42 Å². The summed E-state index contributed by atoms with van der Waals surface area (Å²) in [5.41, 5.74) is 2.86. The molecule has 4 rings (SSSR count). The van der Waals surface area contributed by atoms with Gasteiger partial charge in [-0.1, -0.05) is 11.6 Å². The predicted octanol–water partition coefficient (Wildman–Crippen LogP) is 3.90. The van der Waals surface area contributed by atoms with E-state index in [9.17, 15) is 14.9 Å². The number of halogens is 1. The zero-order chi connectivity index (χ0) is 17.6. The lowest BCUT2D eigenvalue weighted by atomic mass is 10.1. The maximum absolute atomic E-state index is 13.0. The van der Waals surface area contributed by atoms with Gasteiger partial charge in [-0.2, -0.15) is 5.10 Å². The van der Waals surface area contributed by atoms with E-state index in [1.807, 2.05) is 11.4 Å². The van der Waals surface area contributed by atoms with Gasteiger partial charge in [-0.15, -0.1) is 11.3 Å². The van der Waals surface area contributed by atoms with Crippen molar-refractivity contribution in [2.75, 3.05) is 11.4 Å². The summed E-state index contributed by atoms with van der Waals surface area (Å²) in [5, 5.41) is 19.9. The van der Waals surface area contributed by atoms with E-state index in [1.54, 1.807) is 11.1 Å². The van der Waals surface area contributed by atoms with Crippen molar-refractivity contribution in [3.05, 3.63) is 62.1 Å². The van der Waals surface area contributed by atoms with Crippen LogP contribution in [0, 0.1) is 10.1 Å². The first-order valence-corrected chi connectivity index (χ1v) is 8.68. The highest BCUT2D eigenvalue weighted by atomic mass is 35.5. The number of amides is 1. The van der Waals surface area contributed by atoms with Crippen LogP contribution in [0.1, 0.15) is 15.9 Å². The number of non-ortho nitro benzene ring substituents is 1. The van der Waals surface area contributed by atoms with E-state index in [-0.39, 0.29) is 22.2 Å². The number of rotatable bonds is 2. The summed E-state index contributed by atoms with van der Waals surface area (Å²) in [4.78, 5) is 26.0. The van der Waals surface area contributed by atoms with Gasteiger partial charge in [0.05, 0.1) is 38.0 Å². The highest BCUT2D eigenvalue weighted by molar-refractivity contribution is 7.14. The number of benzene rings is 1. The second-order valence-electron chi connectivity index (χ2n) is 5.53. The van der Waals surface area contributed by atoms with Gasteiger partial charge in [0.25, 0.3) is 11.6 Å². The van der Waals surface area contributed by atoms with Crippen LogP contribution < -0.4 is 4.90 Å². The molecule has 9 heteroatoms. The highest BCUT2D eigenvalue weighted by Gasteiger charge is 2.28. The number of nitro benzene ring substituents is 1. The number of anilines is 1. The molecule has 1 aliphatic rings. The number of aromatic nitrogens is 2. The molecule has 1 N–H and O–H groups in total. The van der Waals surface area contributed by atoms with Crippen LogP contribution in [0.2, 0.25) is 5.02 Å². The van der Waals surface area contributed by atoms with Crippen LogP contribution in [0.4, 0.5) is 11.4 Å². The van der Waals surface area contributed by atoms with Gasteiger partial charge in [0.2, 0.25) is 0 Å². The minimum atomic E-state index is -0.539. The normalized spacial score (nSPS) is 13.1. The van der Waals surface area contributed by atoms with Crippen LogP contribution in [0.3, 0.4) is 0 Å². The molecule has 2 aromatic heterocycles. The lowest BCUT2D eigenvalue weighted by Gasteiger charge is -2.21. The Hall–Kier alpha value is -2.71. The van der Waals surface area contributed by atoms with Crippen LogP contribution >= 0.6 is 22.9 Å². The summed E-state index contributed by atoms with van der Waals surface area (Å²) in [6, 6.07) is 5.78. The molecule has 0 unspecified atom stereocenters. The van der Waals surface area contributed by atoms with Crippen molar-refractivity contribution in [1.82, 2.24) is 10.2 Å². The van der Waals surface area contributed by atoms with Gasteiger partial charge < -0.3 is 4.90 Å². The first kappa shape index (κ1) is 15.8. The largest absolute Gasteiger partial charge is 0.306 e. The summed E-state index contributed by atoms with van der Waals surface area (Å²) >= 11 is 7.66. The number of hydrogen-bond acceptors (Lipinski definition) is 5. The molecule has 0 aliphatic carbocycles. The number of carbonyl (C=O) groups is 1. The molecule has 25 heavy (non-hydrogen) atoms.